The molecule has 5 rings (SSSR count). The third kappa shape index (κ3) is 5.81. The van der Waals surface area contributed by atoms with Crippen molar-refractivity contribution in [3.05, 3.63) is 102 Å². The first-order chi connectivity index (χ1) is 17.9. The van der Waals surface area contributed by atoms with E-state index < -0.39 is 0 Å². The summed E-state index contributed by atoms with van der Waals surface area (Å²) in [4.78, 5) is 18.4. The molecule has 1 aliphatic carbocycles. The molecule has 0 atom stereocenters. The molecule has 4 aromatic rings. The predicted molar refractivity (Wildman–Crippen MR) is 152 cm³/mol. The standard InChI is InChI=1S/C28H23Br2ClFN3O2/c29-20-10-11-25-21(14-20)28(36)35(27(34-25)18-6-2-1-3-7-18)33-15-17-12-22(30)26(23(31)13-17)37-16-19-8-4-5-9-24(19)32/h4-5,8-15,18H,1-3,6-7,16H2. The monoisotopic (exact) mass is 645 g/mol. The smallest absolute Gasteiger partial charge is 0.282 e. The maximum absolute atomic E-state index is 14.0. The summed E-state index contributed by atoms with van der Waals surface area (Å²) in [5, 5.41) is 5.42. The van der Waals surface area contributed by atoms with Crippen molar-refractivity contribution in [3.8, 4) is 5.75 Å². The Morgan fingerprint density at radius 1 is 1.11 bits per heavy atom. The molecule has 0 radical (unpaired) electrons. The van der Waals surface area contributed by atoms with Crippen LogP contribution in [-0.2, 0) is 6.61 Å². The third-order valence-corrected chi connectivity index (χ3v) is 7.84. The Bertz CT molecular complexity index is 1530. The summed E-state index contributed by atoms with van der Waals surface area (Å²) in [6.07, 6.45) is 6.97. The molecule has 1 heterocycles. The van der Waals surface area contributed by atoms with E-state index >= 15 is 0 Å². The molecule has 0 N–H and O–H groups in total. The van der Waals surface area contributed by atoms with Gasteiger partial charge in [-0.3, -0.25) is 4.79 Å². The first-order valence-corrected chi connectivity index (χ1v) is 14.0. The number of ether oxygens (including phenoxy) is 1. The van der Waals surface area contributed by atoms with Gasteiger partial charge in [-0.1, -0.05) is 65.0 Å². The zero-order chi connectivity index (χ0) is 25.9. The zero-order valence-corrected chi connectivity index (χ0v) is 23.7. The van der Waals surface area contributed by atoms with Gasteiger partial charge in [-0.25, -0.2) is 9.37 Å². The molecule has 190 valence electrons. The van der Waals surface area contributed by atoms with Crippen LogP contribution in [0.3, 0.4) is 0 Å². The fraction of sp³-hybridized carbons (Fsp3) is 0.250. The molecule has 0 aliphatic heterocycles. The quantitative estimate of drug-likeness (QED) is 0.198. The van der Waals surface area contributed by atoms with E-state index in [4.69, 9.17) is 21.3 Å². The highest BCUT2D eigenvalue weighted by Crippen LogP contribution is 2.35. The first-order valence-electron chi connectivity index (χ1n) is 12.0. The fourth-order valence-corrected chi connectivity index (χ4v) is 5.93. The molecule has 5 nitrogen and oxygen atoms in total. The minimum Gasteiger partial charge on any atom is -0.486 e. The lowest BCUT2D eigenvalue weighted by atomic mass is 9.88. The molecule has 0 spiro atoms. The summed E-state index contributed by atoms with van der Waals surface area (Å²) >= 11 is 13.5. The molecule has 0 amide bonds. The average Bonchev–Trinajstić information content (AvgIpc) is 2.89. The molecule has 3 aromatic carbocycles. The summed E-state index contributed by atoms with van der Waals surface area (Å²) in [6.45, 7) is 0.0386. The van der Waals surface area contributed by atoms with Gasteiger partial charge >= 0.3 is 0 Å². The topological polar surface area (TPSA) is 56.5 Å². The second-order valence-corrected chi connectivity index (χ2v) is 11.2. The van der Waals surface area contributed by atoms with Gasteiger partial charge in [0.15, 0.2) is 5.75 Å². The summed E-state index contributed by atoms with van der Waals surface area (Å²) in [7, 11) is 0. The van der Waals surface area contributed by atoms with Crippen molar-refractivity contribution in [2.45, 2.75) is 44.6 Å². The maximum atomic E-state index is 14.0. The number of fused-ring (bicyclic) bond motifs is 1. The highest BCUT2D eigenvalue weighted by atomic mass is 79.9. The minimum atomic E-state index is -0.339. The molecule has 1 saturated carbocycles. The third-order valence-electron chi connectivity index (χ3n) is 6.48. The summed E-state index contributed by atoms with van der Waals surface area (Å²) in [5.41, 5.74) is 1.56. The first kappa shape index (κ1) is 26.1. The number of hydrogen-bond donors (Lipinski definition) is 0. The van der Waals surface area contributed by atoms with E-state index in [-0.39, 0.29) is 23.9 Å². The SMILES string of the molecule is O=c1c2cc(Br)ccc2nc(C2CCCCC2)n1N=Cc1cc(Cl)c(OCc2ccccc2F)c(Br)c1. The molecular formula is C28H23Br2ClFN3O2. The largest absolute Gasteiger partial charge is 0.486 e. The van der Waals surface area contributed by atoms with E-state index in [1.54, 1.807) is 42.6 Å². The van der Waals surface area contributed by atoms with Crippen molar-refractivity contribution >= 4 is 60.6 Å². The van der Waals surface area contributed by atoms with E-state index in [9.17, 15) is 9.18 Å². The van der Waals surface area contributed by atoms with Crippen LogP contribution in [0.15, 0.2) is 73.4 Å². The lowest BCUT2D eigenvalue weighted by molar-refractivity contribution is 0.298. The van der Waals surface area contributed by atoms with Gasteiger partial charge in [-0.15, -0.1) is 0 Å². The van der Waals surface area contributed by atoms with Crippen LogP contribution in [0.5, 0.6) is 5.75 Å². The summed E-state index contributed by atoms with van der Waals surface area (Å²) in [6, 6.07) is 15.4. The van der Waals surface area contributed by atoms with Crippen molar-refractivity contribution in [3.63, 3.8) is 0 Å². The lowest BCUT2D eigenvalue weighted by Crippen LogP contribution is -2.25. The van der Waals surface area contributed by atoms with Crippen LogP contribution >= 0.6 is 43.5 Å². The predicted octanol–water partition coefficient (Wildman–Crippen LogP) is 8.22. The zero-order valence-electron chi connectivity index (χ0n) is 19.8. The molecule has 1 aliphatic rings. The van der Waals surface area contributed by atoms with Crippen LogP contribution in [0.1, 0.15) is 55.0 Å². The molecular weight excluding hydrogens is 625 g/mol. The van der Waals surface area contributed by atoms with Crippen molar-refractivity contribution in [1.29, 1.82) is 0 Å². The number of benzene rings is 3. The number of hydrogen-bond acceptors (Lipinski definition) is 4. The van der Waals surface area contributed by atoms with Crippen LogP contribution in [0.2, 0.25) is 5.02 Å². The molecule has 1 aromatic heterocycles. The number of aromatic nitrogens is 2. The molecule has 0 unspecified atom stereocenters. The Balaban J connectivity index is 1.48. The lowest BCUT2D eigenvalue weighted by Gasteiger charge is -2.22. The normalized spacial score (nSPS) is 14.5. The van der Waals surface area contributed by atoms with Crippen LogP contribution in [0, 0.1) is 5.82 Å². The van der Waals surface area contributed by atoms with E-state index in [1.807, 2.05) is 12.1 Å². The van der Waals surface area contributed by atoms with Crippen molar-refractivity contribution in [2.75, 3.05) is 0 Å². The number of rotatable bonds is 6. The Kier molecular flexibility index (Phi) is 8.07. The van der Waals surface area contributed by atoms with E-state index in [0.717, 1.165) is 30.2 Å². The Hall–Kier alpha value is -2.55. The van der Waals surface area contributed by atoms with Gasteiger partial charge in [0.2, 0.25) is 0 Å². The van der Waals surface area contributed by atoms with Gasteiger partial charge in [0.25, 0.3) is 5.56 Å². The van der Waals surface area contributed by atoms with Crippen molar-refractivity contribution in [2.24, 2.45) is 5.10 Å². The van der Waals surface area contributed by atoms with Gasteiger partial charge in [0.1, 0.15) is 18.2 Å². The molecule has 1 fully saturated rings. The Morgan fingerprint density at radius 2 is 1.89 bits per heavy atom. The molecule has 0 saturated heterocycles. The van der Waals surface area contributed by atoms with Gasteiger partial charge in [0.05, 0.1) is 26.6 Å². The Labute approximate surface area is 235 Å². The number of nitrogens with zero attached hydrogens (tertiary/aromatic N) is 3. The molecule has 37 heavy (non-hydrogen) atoms. The van der Waals surface area contributed by atoms with Crippen molar-refractivity contribution < 1.29 is 9.13 Å². The molecule has 0 bridgehead atoms. The Morgan fingerprint density at radius 3 is 2.65 bits per heavy atom. The van der Waals surface area contributed by atoms with Crippen molar-refractivity contribution in [1.82, 2.24) is 9.66 Å². The van der Waals surface area contributed by atoms with Gasteiger partial charge in [-0.05, 0) is 70.7 Å². The fourth-order valence-electron chi connectivity index (χ4n) is 4.58. The van der Waals surface area contributed by atoms with Crippen LogP contribution < -0.4 is 10.3 Å². The minimum absolute atomic E-state index is 0.0386. The molecule has 9 heteroatoms. The van der Waals surface area contributed by atoms with Gasteiger partial charge in [0, 0.05) is 16.0 Å². The van der Waals surface area contributed by atoms with Crippen LogP contribution in [0.4, 0.5) is 4.39 Å². The maximum Gasteiger partial charge on any atom is 0.282 e. The van der Waals surface area contributed by atoms with Gasteiger partial charge in [-0.2, -0.15) is 9.78 Å². The summed E-state index contributed by atoms with van der Waals surface area (Å²) in [5.74, 6) is 0.926. The van der Waals surface area contributed by atoms with E-state index in [1.165, 1.54) is 17.2 Å². The van der Waals surface area contributed by atoms with Gasteiger partial charge < -0.3 is 4.74 Å². The van der Waals surface area contributed by atoms with E-state index in [2.05, 4.69) is 37.0 Å². The highest BCUT2D eigenvalue weighted by molar-refractivity contribution is 9.10. The van der Waals surface area contributed by atoms with Crippen LogP contribution in [0.25, 0.3) is 10.9 Å². The van der Waals surface area contributed by atoms with Crippen LogP contribution in [-0.4, -0.2) is 15.9 Å². The van der Waals surface area contributed by atoms with E-state index in [0.29, 0.717) is 43.1 Å². The summed E-state index contributed by atoms with van der Waals surface area (Å²) < 4.78 is 22.6. The second kappa shape index (κ2) is 11.5. The number of halogens is 4. The highest BCUT2D eigenvalue weighted by Gasteiger charge is 2.22. The average molecular weight is 648 g/mol. The second-order valence-electron chi connectivity index (χ2n) is 9.02.